The van der Waals surface area contributed by atoms with Gasteiger partial charge in [-0.15, -0.1) is 12.4 Å². The van der Waals surface area contributed by atoms with Crippen LogP contribution in [0.25, 0.3) is 11.3 Å². The molecule has 1 unspecified atom stereocenters. The monoisotopic (exact) mass is 376 g/mol. The molecule has 26 heavy (non-hydrogen) atoms. The molecule has 1 fully saturated rings. The van der Waals surface area contributed by atoms with Gasteiger partial charge in [-0.1, -0.05) is 44.2 Å². The van der Waals surface area contributed by atoms with Crippen LogP contribution in [-0.4, -0.2) is 39.7 Å². The van der Waals surface area contributed by atoms with E-state index in [-0.39, 0.29) is 41.9 Å². The van der Waals surface area contributed by atoms with Crippen molar-refractivity contribution < 1.29 is 4.79 Å². The molecule has 1 aliphatic heterocycles. The lowest BCUT2D eigenvalue weighted by Gasteiger charge is -2.42. The molecule has 0 radical (unpaired) electrons. The minimum absolute atomic E-state index is 0. The molecular weight excluding hydrogens is 352 g/mol. The number of halogens is 1. The number of aromatic nitrogens is 2. The normalized spacial score (nSPS) is 18.9. The Morgan fingerprint density at radius 1 is 1.23 bits per heavy atom. The van der Waals surface area contributed by atoms with E-state index < -0.39 is 0 Å². The number of amides is 1. The smallest absolute Gasteiger partial charge is 0.267 e. The zero-order valence-electron chi connectivity index (χ0n) is 15.1. The average Bonchev–Trinajstić information content (AvgIpc) is 2.60. The number of carbonyl (C=O) groups is 1. The Hall–Kier alpha value is -2.18. The Morgan fingerprint density at radius 2 is 1.92 bits per heavy atom. The van der Waals surface area contributed by atoms with Gasteiger partial charge in [-0.05, 0) is 17.9 Å². The van der Waals surface area contributed by atoms with Gasteiger partial charge in [-0.3, -0.25) is 9.59 Å². The van der Waals surface area contributed by atoms with Crippen LogP contribution >= 0.6 is 12.4 Å². The molecule has 0 bridgehead atoms. The topological polar surface area (TPSA) is 81.2 Å². The third-order valence-corrected chi connectivity index (χ3v) is 4.89. The second-order valence-electron chi connectivity index (χ2n) is 7.28. The highest BCUT2D eigenvalue weighted by Gasteiger charge is 2.35. The number of benzene rings is 1. The van der Waals surface area contributed by atoms with Crippen molar-refractivity contribution >= 4 is 18.3 Å². The summed E-state index contributed by atoms with van der Waals surface area (Å²) in [6, 6.07) is 12.8. The number of hydrogen-bond acceptors (Lipinski definition) is 4. The minimum Gasteiger partial charge on any atom is -0.340 e. The van der Waals surface area contributed by atoms with Crippen LogP contribution in [0.4, 0.5) is 0 Å². The average molecular weight is 377 g/mol. The molecule has 1 amide bonds. The van der Waals surface area contributed by atoms with Gasteiger partial charge >= 0.3 is 0 Å². The number of nitrogens with two attached hydrogens (primary N) is 1. The second kappa shape index (κ2) is 8.01. The largest absolute Gasteiger partial charge is 0.340 e. The van der Waals surface area contributed by atoms with Crippen LogP contribution in [-0.2, 0) is 11.3 Å². The Morgan fingerprint density at radius 3 is 2.58 bits per heavy atom. The van der Waals surface area contributed by atoms with Crippen LogP contribution in [0.15, 0.2) is 47.3 Å². The first-order valence-corrected chi connectivity index (χ1v) is 8.54. The molecule has 1 aromatic carbocycles. The predicted molar refractivity (Wildman–Crippen MR) is 104 cm³/mol. The molecular formula is C19H25ClN4O2. The summed E-state index contributed by atoms with van der Waals surface area (Å²) < 4.78 is 1.24. The second-order valence-corrected chi connectivity index (χ2v) is 7.28. The first-order valence-electron chi connectivity index (χ1n) is 8.54. The summed E-state index contributed by atoms with van der Waals surface area (Å²) in [5.41, 5.74) is 7.31. The highest BCUT2D eigenvalue weighted by molar-refractivity contribution is 5.85. The van der Waals surface area contributed by atoms with E-state index in [9.17, 15) is 9.59 Å². The standard InChI is InChI=1S/C19H24N4O2.ClH/c1-19(2)13-22(11-10-16(19)20)18(25)12-23-17(24)9-8-15(21-23)14-6-4-3-5-7-14;/h3-9,16H,10-13,20H2,1-2H3;1H. The van der Waals surface area contributed by atoms with E-state index >= 15 is 0 Å². The molecule has 1 saturated heterocycles. The molecule has 0 saturated carbocycles. The van der Waals surface area contributed by atoms with E-state index in [0.29, 0.717) is 18.8 Å². The molecule has 0 spiro atoms. The fourth-order valence-electron chi connectivity index (χ4n) is 3.14. The van der Waals surface area contributed by atoms with E-state index in [1.165, 1.54) is 10.7 Å². The number of rotatable bonds is 3. The van der Waals surface area contributed by atoms with Crippen LogP contribution in [0.1, 0.15) is 20.3 Å². The lowest BCUT2D eigenvalue weighted by molar-refractivity contribution is -0.135. The number of carbonyl (C=O) groups excluding carboxylic acids is 1. The third-order valence-electron chi connectivity index (χ3n) is 4.89. The van der Waals surface area contributed by atoms with Crippen molar-refractivity contribution in [2.24, 2.45) is 11.1 Å². The van der Waals surface area contributed by atoms with Gasteiger partial charge in [0, 0.05) is 30.8 Å². The molecule has 140 valence electrons. The quantitative estimate of drug-likeness (QED) is 0.887. The zero-order chi connectivity index (χ0) is 18.0. The Labute approximate surface area is 159 Å². The summed E-state index contributed by atoms with van der Waals surface area (Å²) in [4.78, 5) is 26.5. The summed E-state index contributed by atoms with van der Waals surface area (Å²) in [6.07, 6.45) is 0.769. The van der Waals surface area contributed by atoms with Crippen molar-refractivity contribution in [3.05, 3.63) is 52.8 Å². The fraction of sp³-hybridized carbons (Fsp3) is 0.421. The summed E-state index contributed by atoms with van der Waals surface area (Å²) in [5, 5.41) is 4.36. The van der Waals surface area contributed by atoms with Gasteiger partial charge in [0.05, 0.1) is 5.69 Å². The minimum atomic E-state index is -0.277. The predicted octanol–water partition coefficient (Wildman–Crippen LogP) is 1.92. The highest BCUT2D eigenvalue weighted by Crippen LogP contribution is 2.27. The molecule has 2 aromatic rings. The lowest BCUT2D eigenvalue weighted by Crippen LogP contribution is -2.54. The number of hydrogen-bond donors (Lipinski definition) is 1. The van der Waals surface area contributed by atoms with E-state index in [2.05, 4.69) is 18.9 Å². The van der Waals surface area contributed by atoms with E-state index in [1.54, 1.807) is 11.0 Å². The molecule has 3 rings (SSSR count). The first kappa shape index (κ1) is 20.1. The summed E-state index contributed by atoms with van der Waals surface area (Å²) in [6.45, 7) is 5.30. The summed E-state index contributed by atoms with van der Waals surface area (Å²) >= 11 is 0. The van der Waals surface area contributed by atoms with Crippen LogP contribution in [0, 0.1) is 5.41 Å². The fourth-order valence-corrected chi connectivity index (χ4v) is 3.14. The van der Waals surface area contributed by atoms with Crippen molar-refractivity contribution in [2.75, 3.05) is 13.1 Å². The van der Waals surface area contributed by atoms with Gasteiger partial charge < -0.3 is 10.6 Å². The van der Waals surface area contributed by atoms with Crippen molar-refractivity contribution in [3.63, 3.8) is 0 Å². The number of nitrogens with zero attached hydrogens (tertiary/aromatic N) is 3. The van der Waals surface area contributed by atoms with Gasteiger partial charge in [-0.2, -0.15) is 5.10 Å². The SMILES string of the molecule is CC1(C)CN(C(=O)Cn2nc(-c3ccccc3)ccc2=O)CCC1N.Cl. The molecule has 1 aliphatic rings. The molecule has 2 N–H and O–H groups in total. The highest BCUT2D eigenvalue weighted by atomic mass is 35.5. The van der Waals surface area contributed by atoms with Crippen molar-refractivity contribution in [2.45, 2.75) is 32.9 Å². The maximum absolute atomic E-state index is 12.6. The zero-order valence-corrected chi connectivity index (χ0v) is 15.9. The van der Waals surface area contributed by atoms with Gasteiger partial charge in [0.15, 0.2) is 0 Å². The Bertz CT molecular complexity index is 820. The molecule has 1 atom stereocenters. The van der Waals surface area contributed by atoms with Gasteiger partial charge in [0.25, 0.3) is 5.56 Å². The van der Waals surface area contributed by atoms with Crippen LogP contribution in [0.2, 0.25) is 0 Å². The Balaban J connectivity index is 0.00000243. The number of piperidine rings is 1. The molecule has 2 heterocycles. The lowest BCUT2D eigenvalue weighted by atomic mass is 9.79. The van der Waals surface area contributed by atoms with Gasteiger partial charge in [0.1, 0.15) is 6.54 Å². The summed E-state index contributed by atoms with van der Waals surface area (Å²) in [7, 11) is 0. The van der Waals surface area contributed by atoms with Gasteiger partial charge in [0.2, 0.25) is 5.91 Å². The van der Waals surface area contributed by atoms with Crippen LogP contribution in [0.3, 0.4) is 0 Å². The van der Waals surface area contributed by atoms with Gasteiger partial charge in [-0.25, -0.2) is 4.68 Å². The number of likely N-dealkylation sites (tertiary alicyclic amines) is 1. The first-order chi connectivity index (χ1) is 11.9. The molecule has 7 heteroatoms. The molecule has 6 nitrogen and oxygen atoms in total. The van der Waals surface area contributed by atoms with E-state index in [0.717, 1.165) is 12.0 Å². The maximum Gasteiger partial charge on any atom is 0.267 e. The molecule has 1 aromatic heterocycles. The van der Waals surface area contributed by atoms with Crippen LogP contribution in [0.5, 0.6) is 0 Å². The van der Waals surface area contributed by atoms with E-state index in [1.807, 2.05) is 30.3 Å². The Kier molecular flexibility index (Phi) is 6.21. The van der Waals surface area contributed by atoms with E-state index in [4.69, 9.17) is 5.73 Å². The maximum atomic E-state index is 12.6. The van der Waals surface area contributed by atoms with Crippen molar-refractivity contribution in [1.29, 1.82) is 0 Å². The summed E-state index contributed by atoms with van der Waals surface area (Å²) in [5.74, 6) is -0.0974. The molecule has 0 aliphatic carbocycles. The van der Waals surface area contributed by atoms with Crippen molar-refractivity contribution in [1.82, 2.24) is 14.7 Å². The third kappa shape index (κ3) is 4.31. The van der Waals surface area contributed by atoms with Crippen molar-refractivity contribution in [3.8, 4) is 11.3 Å². The van der Waals surface area contributed by atoms with Crippen LogP contribution < -0.4 is 11.3 Å².